The summed E-state index contributed by atoms with van der Waals surface area (Å²) in [4.78, 5) is 31.5. The first-order valence-electron chi connectivity index (χ1n) is 10.8. The van der Waals surface area contributed by atoms with Gasteiger partial charge in [0.1, 0.15) is 5.82 Å². The zero-order valence-corrected chi connectivity index (χ0v) is 19.8. The van der Waals surface area contributed by atoms with Crippen molar-refractivity contribution in [1.29, 1.82) is 0 Å². The van der Waals surface area contributed by atoms with Gasteiger partial charge in [-0.25, -0.2) is 14.2 Å². The van der Waals surface area contributed by atoms with Gasteiger partial charge in [0, 0.05) is 0 Å². The third-order valence-corrected chi connectivity index (χ3v) is 6.59. The Kier molecular flexibility index (Phi) is 6.42. The molecule has 1 aromatic heterocycles. The molecule has 7 heteroatoms. The van der Waals surface area contributed by atoms with Crippen LogP contribution in [0.3, 0.4) is 0 Å². The second-order valence-electron chi connectivity index (χ2n) is 8.18. The number of aromatic nitrogens is 1. The molecule has 0 aliphatic carbocycles. The minimum Gasteiger partial charge on any atom is -0.463 e. The SMILES string of the molecule is CCOC(=O)C1=C(C)N=c2s/c(=C/c3ccc(F)cc3)c(=O)n2[C@H]1c1ccc(C(C)C)cc1. The standard InChI is InChI=1S/C26H25FN2O3S/c1-5-32-25(31)22-16(4)28-26-29(23(22)19-10-8-18(9-11-19)15(2)3)24(30)21(33-26)14-17-6-12-20(27)13-7-17/h6-15,23H,5H2,1-4H3/b21-14+/t23-/m0/s1. The Morgan fingerprint density at radius 3 is 2.45 bits per heavy atom. The highest BCUT2D eigenvalue weighted by atomic mass is 32.1. The van der Waals surface area contributed by atoms with Crippen LogP contribution in [0.4, 0.5) is 4.39 Å². The van der Waals surface area contributed by atoms with E-state index in [1.807, 2.05) is 24.3 Å². The van der Waals surface area contributed by atoms with Crippen LogP contribution < -0.4 is 14.9 Å². The summed E-state index contributed by atoms with van der Waals surface area (Å²) < 4.78 is 20.6. The Balaban J connectivity index is 1.92. The zero-order valence-electron chi connectivity index (χ0n) is 19.0. The number of carbonyl (C=O) groups excluding carboxylic acids is 1. The molecule has 1 aliphatic rings. The van der Waals surface area contributed by atoms with Gasteiger partial charge in [-0.2, -0.15) is 0 Å². The van der Waals surface area contributed by atoms with E-state index in [1.165, 1.54) is 29.0 Å². The van der Waals surface area contributed by atoms with Crippen LogP contribution in [-0.4, -0.2) is 17.1 Å². The molecule has 0 saturated carbocycles. The van der Waals surface area contributed by atoms with E-state index in [9.17, 15) is 14.0 Å². The summed E-state index contributed by atoms with van der Waals surface area (Å²) >= 11 is 1.25. The predicted molar refractivity (Wildman–Crippen MR) is 127 cm³/mol. The minimum atomic E-state index is -0.642. The van der Waals surface area contributed by atoms with E-state index in [0.29, 0.717) is 32.1 Å². The van der Waals surface area contributed by atoms with Crippen molar-refractivity contribution in [2.24, 2.45) is 4.99 Å². The van der Waals surface area contributed by atoms with Gasteiger partial charge >= 0.3 is 5.97 Å². The molecule has 0 N–H and O–H groups in total. The van der Waals surface area contributed by atoms with Gasteiger partial charge in [-0.1, -0.05) is 61.6 Å². The lowest BCUT2D eigenvalue weighted by Crippen LogP contribution is -2.39. The van der Waals surface area contributed by atoms with Crippen LogP contribution in [0.2, 0.25) is 0 Å². The molecule has 0 amide bonds. The summed E-state index contributed by atoms with van der Waals surface area (Å²) in [6.45, 7) is 7.96. The third kappa shape index (κ3) is 4.46. The molecule has 170 valence electrons. The molecule has 0 saturated heterocycles. The Hall–Kier alpha value is -3.32. The first-order valence-corrected chi connectivity index (χ1v) is 11.7. The van der Waals surface area contributed by atoms with E-state index >= 15 is 0 Å². The van der Waals surface area contributed by atoms with E-state index in [2.05, 4.69) is 18.8 Å². The van der Waals surface area contributed by atoms with Gasteiger partial charge in [0.25, 0.3) is 5.56 Å². The summed E-state index contributed by atoms with van der Waals surface area (Å²) in [6.07, 6.45) is 1.71. The second kappa shape index (κ2) is 9.27. The highest BCUT2D eigenvalue weighted by molar-refractivity contribution is 7.07. The number of fused-ring (bicyclic) bond motifs is 1. The molecule has 0 spiro atoms. The molecule has 0 radical (unpaired) electrons. The van der Waals surface area contributed by atoms with E-state index in [-0.39, 0.29) is 18.0 Å². The Morgan fingerprint density at radius 1 is 1.18 bits per heavy atom. The van der Waals surface area contributed by atoms with Gasteiger partial charge in [0.15, 0.2) is 4.80 Å². The summed E-state index contributed by atoms with van der Waals surface area (Å²) in [6, 6.07) is 13.2. The molecule has 0 fully saturated rings. The van der Waals surface area contributed by atoms with Crippen LogP contribution in [0.1, 0.15) is 56.3 Å². The molecule has 0 bridgehead atoms. The summed E-state index contributed by atoms with van der Waals surface area (Å²) in [5, 5.41) is 0. The Morgan fingerprint density at radius 2 is 1.85 bits per heavy atom. The lowest BCUT2D eigenvalue weighted by atomic mass is 9.93. The largest absolute Gasteiger partial charge is 0.463 e. The van der Waals surface area contributed by atoms with Gasteiger partial charge < -0.3 is 4.74 Å². The van der Waals surface area contributed by atoms with Crippen LogP contribution in [0, 0.1) is 5.82 Å². The molecule has 2 heterocycles. The van der Waals surface area contributed by atoms with E-state index < -0.39 is 12.0 Å². The normalized spacial score (nSPS) is 16.1. The maximum Gasteiger partial charge on any atom is 0.338 e. The van der Waals surface area contributed by atoms with Crippen LogP contribution in [0.5, 0.6) is 0 Å². The highest BCUT2D eigenvalue weighted by Crippen LogP contribution is 2.31. The van der Waals surface area contributed by atoms with Crippen molar-refractivity contribution in [3.63, 3.8) is 0 Å². The molecular weight excluding hydrogens is 439 g/mol. The predicted octanol–water partition coefficient (Wildman–Crippen LogP) is 4.06. The van der Waals surface area contributed by atoms with Gasteiger partial charge in [0.2, 0.25) is 0 Å². The van der Waals surface area contributed by atoms with Crippen molar-refractivity contribution in [2.45, 2.75) is 39.7 Å². The fraction of sp³-hybridized carbons (Fsp3) is 0.269. The number of carbonyl (C=O) groups is 1. The molecule has 4 rings (SSSR count). The number of hydrogen-bond donors (Lipinski definition) is 0. The smallest absolute Gasteiger partial charge is 0.338 e. The van der Waals surface area contributed by atoms with Crippen molar-refractivity contribution in [3.8, 4) is 0 Å². The van der Waals surface area contributed by atoms with Crippen LogP contribution >= 0.6 is 11.3 Å². The van der Waals surface area contributed by atoms with Crippen molar-refractivity contribution < 1.29 is 13.9 Å². The maximum atomic E-state index is 13.5. The number of ether oxygens (including phenoxy) is 1. The zero-order chi connectivity index (χ0) is 23.7. The van der Waals surface area contributed by atoms with Crippen LogP contribution in [0.15, 0.2) is 69.6 Å². The number of nitrogens with zero attached hydrogens (tertiary/aromatic N) is 2. The van der Waals surface area contributed by atoms with E-state index in [1.54, 1.807) is 36.6 Å². The van der Waals surface area contributed by atoms with E-state index in [0.717, 1.165) is 5.56 Å². The van der Waals surface area contributed by atoms with Crippen LogP contribution in [-0.2, 0) is 9.53 Å². The first-order chi connectivity index (χ1) is 15.8. The van der Waals surface area contributed by atoms with Gasteiger partial charge in [-0.05, 0) is 54.7 Å². The number of thiazole rings is 1. The number of allylic oxidation sites excluding steroid dienone is 1. The molecule has 5 nitrogen and oxygen atoms in total. The molecule has 1 atom stereocenters. The molecular formula is C26H25FN2O3S. The minimum absolute atomic E-state index is 0.226. The highest BCUT2D eigenvalue weighted by Gasteiger charge is 2.33. The Bertz CT molecular complexity index is 1400. The number of rotatable bonds is 5. The van der Waals surface area contributed by atoms with Gasteiger partial charge in [-0.15, -0.1) is 0 Å². The van der Waals surface area contributed by atoms with Crippen LogP contribution in [0.25, 0.3) is 6.08 Å². The van der Waals surface area contributed by atoms with Crippen molar-refractivity contribution in [3.05, 3.63) is 102 Å². The number of benzene rings is 2. The average molecular weight is 465 g/mol. The summed E-state index contributed by atoms with van der Waals surface area (Å²) in [5.41, 5.74) is 3.32. The van der Waals surface area contributed by atoms with Crippen molar-refractivity contribution in [2.75, 3.05) is 6.61 Å². The fourth-order valence-corrected chi connectivity index (χ4v) is 4.93. The molecule has 1 aliphatic heterocycles. The number of esters is 1. The van der Waals surface area contributed by atoms with Gasteiger partial charge in [-0.3, -0.25) is 9.36 Å². The number of halogens is 1. The lowest BCUT2D eigenvalue weighted by Gasteiger charge is -2.25. The average Bonchev–Trinajstić information content (AvgIpc) is 3.09. The fourth-order valence-electron chi connectivity index (χ4n) is 3.88. The molecule has 0 unspecified atom stereocenters. The quantitative estimate of drug-likeness (QED) is 0.535. The molecule has 2 aromatic carbocycles. The summed E-state index contributed by atoms with van der Waals surface area (Å²) in [7, 11) is 0. The molecule has 3 aromatic rings. The molecule has 33 heavy (non-hydrogen) atoms. The monoisotopic (exact) mass is 464 g/mol. The van der Waals surface area contributed by atoms with Crippen molar-refractivity contribution >= 4 is 23.4 Å². The second-order valence-corrected chi connectivity index (χ2v) is 9.18. The number of hydrogen-bond acceptors (Lipinski definition) is 5. The van der Waals surface area contributed by atoms with Gasteiger partial charge in [0.05, 0.1) is 28.5 Å². The Labute approximate surface area is 195 Å². The van der Waals surface area contributed by atoms with Crippen molar-refractivity contribution in [1.82, 2.24) is 4.57 Å². The topological polar surface area (TPSA) is 60.7 Å². The first kappa shape index (κ1) is 22.9. The maximum absolute atomic E-state index is 13.5. The lowest BCUT2D eigenvalue weighted by molar-refractivity contribution is -0.139. The third-order valence-electron chi connectivity index (χ3n) is 5.60. The van der Waals surface area contributed by atoms with E-state index in [4.69, 9.17) is 4.74 Å². The summed E-state index contributed by atoms with van der Waals surface area (Å²) in [5.74, 6) is -0.462.